The molecule has 0 aliphatic carbocycles. The fraction of sp³-hybridized carbons (Fsp3) is 0.0769. The van der Waals surface area contributed by atoms with Crippen LogP contribution in [0.5, 0.6) is 0 Å². The molecule has 2 aromatic rings. The molecule has 6 nitrogen and oxygen atoms in total. The third-order valence-corrected chi connectivity index (χ3v) is 2.52. The van der Waals surface area contributed by atoms with Crippen LogP contribution in [0.15, 0.2) is 36.5 Å². The highest BCUT2D eigenvalue weighted by atomic mass is 16.6. The van der Waals surface area contributed by atoms with E-state index >= 15 is 0 Å². The SMILES string of the molecule is Cc1ccc(Nc2ncc([N+](=O)[O-])cc2C#N)cc1. The predicted molar refractivity (Wildman–Crippen MR) is 70.1 cm³/mol. The van der Waals surface area contributed by atoms with Crippen molar-refractivity contribution in [2.24, 2.45) is 0 Å². The Labute approximate surface area is 109 Å². The lowest BCUT2D eigenvalue weighted by molar-refractivity contribution is -0.385. The van der Waals surface area contributed by atoms with E-state index in [-0.39, 0.29) is 11.3 Å². The number of hydrogen-bond acceptors (Lipinski definition) is 5. The van der Waals surface area contributed by atoms with Crippen LogP contribution in [0, 0.1) is 28.4 Å². The second-order valence-corrected chi connectivity index (χ2v) is 3.95. The number of pyridine rings is 1. The van der Waals surface area contributed by atoms with Crippen molar-refractivity contribution < 1.29 is 4.92 Å². The van der Waals surface area contributed by atoms with Crippen molar-refractivity contribution in [2.75, 3.05) is 5.32 Å². The molecule has 0 radical (unpaired) electrons. The van der Waals surface area contributed by atoms with Gasteiger partial charge in [0.1, 0.15) is 23.6 Å². The lowest BCUT2D eigenvalue weighted by Crippen LogP contribution is -1.99. The van der Waals surface area contributed by atoms with E-state index < -0.39 is 4.92 Å². The number of rotatable bonds is 3. The van der Waals surface area contributed by atoms with Crippen LogP contribution in [0.3, 0.4) is 0 Å². The average Bonchev–Trinajstić information content (AvgIpc) is 2.41. The summed E-state index contributed by atoms with van der Waals surface area (Å²) in [7, 11) is 0. The maximum Gasteiger partial charge on any atom is 0.289 e. The number of nitriles is 1. The van der Waals surface area contributed by atoms with E-state index in [1.165, 1.54) is 6.07 Å². The lowest BCUT2D eigenvalue weighted by atomic mass is 10.2. The quantitative estimate of drug-likeness (QED) is 0.671. The minimum atomic E-state index is -0.580. The number of hydrogen-bond donors (Lipinski definition) is 1. The van der Waals surface area contributed by atoms with Gasteiger partial charge in [-0.05, 0) is 19.1 Å². The molecular formula is C13H10N4O2. The Morgan fingerprint density at radius 1 is 1.37 bits per heavy atom. The van der Waals surface area contributed by atoms with Crippen LogP contribution in [0.25, 0.3) is 0 Å². The fourth-order valence-corrected chi connectivity index (χ4v) is 1.51. The van der Waals surface area contributed by atoms with Crippen molar-refractivity contribution in [3.8, 4) is 6.07 Å². The fourth-order valence-electron chi connectivity index (χ4n) is 1.51. The van der Waals surface area contributed by atoms with Gasteiger partial charge < -0.3 is 5.32 Å². The topological polar surface area (TPSA) is 91.8 Å². The van der Waals surface area contributed by atoms with E-state index in [2.05, 4.69) is 10.3 Å². The summed E-state index contributed by atoms with van der Waals surface area (Å²) in [6.45, 7) is 1.97. The summed E-state index contributed by atoms with van der Waals surface area (Å²) in [6, 6.07) is 10.6. The highest BCUT2D eigenvalue weighted by Gasteiger charge is 2.12. The van der Waals surface area contributed by atoms with Crippen LogP contribution in [0.2, 0.25) is 0 Å². The third kappa shape index (κ3) is 2.84. The van der Waals surface area contributed by atoms with Gasteiger partial charge >= 0.3 is 0 Å². The van der Waals surface area contributed by atoms with Crippen LogP contribution in [0.4, 0.5) is 17.2 Å². The van der Waals surface area contributed by atoms with Crippen LogP contribution in [-0.2, 0) is 0 Å². The first-order valence-electron chi connectivity index (χ1n) is 5.48. The molecular weight excluding hydrogens is 244 g/mol. The molecule has 0 saturated carbocycles. The second kappa shape index (κ2) is 5.14. The normalized spacial score (nSPS) is 9.68. The number of aryl methyl sites for hydroxylation is 1. The molecule has 0 bridgehead atoms. The first-order valence-corrected chi connectivity index (χ1v) is 5.48. The van der Waals surface area contributed by atoms with Gasteiger partial charge in [-0.2, -0.15) is 5.26 Å². The number of aromatic nitrogens is 1. The predicted octanol–water partition coefficient (Wildman–Crippen LogP) is 2.91. The Hall–Kier alpha value is -2.94. The van der Waals surface area contributed by atoms with Gasteiger partial charge in [0.25, 0.3) is 5.69 Å². The van der Waals surface area contributed by atoms with Crippen LogP contribution in [-0.4, -0.2) is 9.91 Å². The first kappa shape index (κ1) is 12.5. The molecule has 19 heavy (non-hydrogen) atoms. The summed E-state index contributed by atoms with van der Waals surface area (Å²) < 4.78 is 0. The average molecular weight is 254 g/mol. The minimum absolute atomic E-state index is 0.134. The summed E-state index contributed by atoms with van der Waals surface area (Å²) in [6.07, 6.45) is 1.12. The second-order valence-electron chi connectivity index (χ2n) is 3.95. The van der Waals surface area contributed by atoms with Crippen LogP contribution < -0.4 is 5.32 Å². The Morgan fingerprint density at radius 2 is 2.05 bits per heavy atom. The lowest BCUT2D eigenvalue weighted by Gasteiger charge is -2.07. The molecule has 0 aliphatic rings. The molecule has 0 spiro atoms. The molecule has 0 fully saturated rings. The van der Waals surface area contributed by atoms with Crippen molar-refractivity contribution in [3.05, 3.63) is 57.8 Å². The van der Waals surface area contributed by atoms with Crippen molar-refractivity contribution in [1.29, 1.82) is 5.26 Å². The van der Waals surface area contributed by atoms with Crippen LogP contribution in [0.1, 0.15) is 11.1 Å². The molecule has 0 aliphatic heterocycles. The highest BCUT2D eigenvalue weighted by molar-refractivity contribution is 5.64. The zero-order valence-corrected chi connectivity index (χ0v) is 10.1. The van der Waals surface area contributed by atoms with Gasteiger partial charge in [-0.3, -0.25) is 10.1 Å². The molecule has 1 aromatic carbocycles. The van der Waals surface area contributed by atoms with Gasteiger partial charge in [-0.25, -0.2) is 4.98 Å². The Kier molecular flexibility index (Phi) is 3.39. The van der Waals surface area contributed by atoms with Gasteiger partial charge in [0.05, 0.1) is 4.92 Å². The Morgan fingerprint density at radius 3 is 2.63 bits per heavy atom. The van der Waals surface area contributed by atoms with E-state index in [9.17, 15) is 10.1 Å². The van der Waals surface area contributed by atoms with Crippen molar-refractivity contribution >= 4 is 17.2 Å². The van der Waals surface area contributed by atoms with E-state index in [1.807, 2.05) is 37.3 Å². The molecule has 1 heterocycles. The van der Waals surface area contributed by atoms with Crippen molar-refractivity contribution in [1.82, 2.24) is 4.98 Å². The van der Waals surface area contributed by atoms with Crippen molar-refractivity contribution in [2.45, 2.75) is 6.92 Å². The summed E-state index contributed by atoms with van der Waals surface area (Å²) >= 11 is 0. The first-order chi connectivity index (χ1) is 9.10. The van der Waals surface area contributed by atoms with Crippen molar-refractivity contribution in [3.63, 3.8) is 0 Å². The minimum Gasteiger partial charge on any atom is -0.339 e. The van der Waals surface area contributed by atoms with Gasteiger partial charge in [-0.1, -0.05) is 17.7 Å². The zero-order valence-electron chi connectivity index (χ0n) is 10.1. The van der Waals surface area contributed by atoms with Gasteiger partial charge in [0.2, 0.25) is 0 Å². The molecule has 0 unspecified atom stereocenters. The largest absolute Gasteiger partial charge is 0.339 e. The summed E-state index contributed by atoms with van der Waals surface area (Å²) in [5.74, 6) is 0.303. The molecule has 0 saturated heterocycles. The molecule has 94 valence electrons. The number of nitro groups is 1. The third-order valence-electron chi connectivity index (χ3n) is 2.52. The van der Waals surface area contributed by atoms with E-state index in [0.29, 0.717) is 5.82 Å². The molecule has 0 atom stereocenters. The maximum atomic E-state index is 10.6. The summed E-state index contributed by atoms with van der Waals surface area (Å²) in [5.41, 5.74) is 1.81. The monoisotopic (exact) mass is 254 g/mol. The molecule has 2 rings (SSSR count). The number of benzene rings is 1. The Balaban J connectivity index is 2.33. The highest BCUT2D eigenvalue weighted by Crippen LogP contribution is 2.22. The van der Waals surface area contributed by atoms with E-state index in [1.54, 1.807) is 0 Å². The molecule has 0 amide bonds. The molecule has 1 aromatic heterocycles. The smallest absolute Gasteiger partial charge is 0.289 e. The number of nitrogens with zero attached hydrogens (tertiary/aromatic N) is 3. The Bertz CT molecular complexity index is 659. The maximum absolute atomic E-state index is 10.6. The van der Waals surface area contributed by atoms with Crippen LogP contribution >= 0.6 is 0 Å². The number of nitrogens with one attached hydrogen (secondary N) is 1. The zero-order chi connectivity index (χ0) is 13.8. The van der Waals surface area contributed by atoms with E-state index in [4.69, 9.17) is 5.26 Å². The standard InChI is InChI=1S/C13H10N4O2/c1-9-2-4-11(5-3-9)16-13-10(7-14)6-12(8-15-13)17(18)19/h2-6,8H,1H3,(H,15,16). The molecule has 6 heteroatoms. The van der Waals surface area contributed by atoms with E-state index in [0.717, 1.165) is 17.4 Å². The summed E-state index contributed by atoms with van der Waals surface area (Å²) in [5, 5.41) is 22.6. The van der Waals surface area contributed by atoms with Gasteiger partial charge in [0, 0.05) is 11.8 Å². The summed E-state index contributed by atoms with van der Waals surface area (Å²) in [4.78, 5) is 13.9. The van der Waals surface area contributed by atoms with Gasteiger partial charge in [-0.15, -0.1) is 0 Å². The number of anilines is 2. The van der Waals surface area contributed by atoms with Gasteiger partial charge in [0.15, 0.2) is 0 Å². The molecule has 1 N–H and O–H groups in total.